The average Bonchev–Trinajstić information content (AvgIpc) is 3.47. The Morgan fingerprint density at radius 1 is 0.946 bits per heavy atom. The van der Waals surface area contributed by atoms with Gasteiger partial charge < -0.3 is 24.8 Å². The van der Waals surface area contributed by atoms with Crippen LogP contribution in [0.4, 0.5) is 11.4 Å². The fourth-order valence-electron chi connectivity index (χ4n) is 5.12. The summed E-state index contributed by atoms with van der Waals surface area (Å²) in [6.07, 6.45) is 4.04. The van der Waals surface area contributed by atoms with Crippen molar-refractivity contribution in [1.82, 2.24) is 9.80 Å². The van der Waals surface area contributed by atoms with E-state index in [1.54, 1.807) is 36.3 Å². The monoisotopic (exact) mass is 506 g/mol. The number of hydrogen-bond donors (Lipinski definition) is 1. The Bertz CT molecular complexity index is 1070. The molecule has 0 radical (unpaired) electrons. The van der Waals surface area contributed by atoms with Gasteiger partial charge in [-0.15, -0.1) is 0 Å². The lowest BCUT2D eigenvalue weighted by Gasteiger charge is -2.36. The maximum absolute atomic E-state index is 12.9. The number of methoxy groups -OCH3 is 1. The molecule has 8 heteroatoms. The standard InChI is InChI=1S/C29H38N4O4/c1-21(2)33(29(36)22-6-4-5-7-22)20-27(34)30-24-10-12-25(13-11-24)31-16-18-32(19-17-31)28(35)23-8-14-26(37-3)15-9-23/h8-15,21-22H,4-7,16-20H2,1-3H3,(H,30,34). The van der Waals surface area contributed by atoms with Gasteiger partial charge in [-0.1, -0.05) is 12.8 Å². The Morgan fingerprint density at radius 2 is 1.57 bits per heavy atom. The van der Waals surface area contributed by atoms with Crippen LogP contribution in [0.1, 0.15) is 49.9 Å². The quantitative estimate of drug-likeness (QED) is 0.585. The lowest BCUT2D eigenvalue weighted by atomic mass is 10.1. The van der Waals surface area contributed by atoms with Crippen LogP contribution in [0.25, 0.3) is 0 Å². The second-order valence-electron chi connectivity index (χ2n) is 10.1. The highest BCUT2D eigenvalue weighted by Gasteiger charge is 2.30. The minimum Gasteiger partial charge on any atom is -0.497 e. The molecule has 0 aromatic heterocycles. The van der Waals surface area contributed by atoms with Crippen LogP contribution in [-0.2, 0) is 9.59 Å². The molecule has 198 valence electrons. The maximum Gasteiger partial charge on any atom is 0.253 e. The van der Waals surface area contributed by atoms with Crippen molar-refractivity contribution in [3.8, 4) is 5.75 Å². The Kier molecular flexibility index (Phi) is 8.69. The van der Waals surface area contributed by atoms with Crippen molar-refractivity contribution in [2.45, 2.75) is 45.6 Å². The summed E-state index contributed by atoms with van der Waals surface area (Å²) in [6, 6.07) is 14.9. The zero-order valence-corrected chi connectivity index (χ0v) is 22.1. The van der Waals surface area contributed by atoms with Crippen molar-refractivity contribution in [3.63, 3.8) is 0 Å². The number of nitrogens with zero attached hydrogens (tertiary/aromatic N) is 3. The summed E-state index contributed by atoms with van der Waals surface area (Å²) in [6.45, 7) is 6.74. The van der Waals surface area contributed by atoms with Crippen molar-refractivity contribution in [2.24, 2.45) is 5.92 Å². The molecule has 0 atom stereocenters. The van der Waals surface area contributed by atoms with Crippen LogP contribution in [0.5, 0.6) is 5.75 Å². The molecule has 1 N–H and O–H groups in total. The highest BCUT2D eigenvalue weighted by Crippen LogP contribution is 2.27. The lowest BCUT2D eigenvalue weighted by molar-refractivity contribution is -0.140. The van der Waals surface area contributed by atoms with Gasteiger partial charge in [-0.2, -0.15) is 0 Å². The summed E-state index contributed by atoms with van der Waals surface area (Å²) in [4.78, 5) is 44.2. The number of rotatable bonds is 8. The van der Waals surface area contributed by atoms with Gasteiger partial charge in [0.25, 0.3) is 5.91 Å². The minimum absolute atomic E-state index is 0.0171. The Morgan fingerprint density at radius 3 is 2.14 bits per heavy atom. The number of piperazine rings is 1. The number of benzene rings is 2. The summed E-state index contributed by atoms with van der Waals surface area (Å²) >= 11 is 0. The third kappa shape index (κ3) is 6.61. The largest absolute Gasteiger partial charge is 0.497 e. The molecule has 0 spiro atoms. The number of hydrogen-bond acceptors (Lipinski definition) is 5. The van der Waals surface area contributed by atoms with Gasteiger partial charge in [-0.3, -0.25) is 14.4 Å². The van der Waals surface area contributed by atoms with Crippen molar-refractivity contribution in [1.29, 1.82) is 0 Å². The molecule has 1 heterocycles. The van der Waals surface area contributed by atoms with E-state index >= 15 is 0 Å². The van der Waals surface area contributed by atoms with Gasteiger partial charge in [0.15, 0.2) is 0 Å². The molecule has 2 aromatic rings. The number of carbonyl (C=O) groups excluding carboxylic acids is 3. The van der Waals surface area contributed by atoms with Gasteiger partial charge in [0, 0.05) is 55.1 Å². The van der Waals surface area contributed by atoms with Crippen LogP contribution in [0.3, 0.4) is 0 Å². The molecule has 2 aliphatic rings. The van der Waals surface area contributed by atoms with E-state index in [-0.39, 0.29) is 36.2 Å². The summed E-state index contributed by atoms with van der Waals surface area (Å²) in [5, 5.41) is 2.94. The van der Waals surface area contributed by atoms with E-state index in [0.717, 1.165) is 50.2 Å². The van der Waals surface area contributed by atoms with Crippen molar-refractivity contribution >= 4 is 29.1 Å². The van der Waals surface area contributed by atoms with E-state index in [0.29, 0.717) is 24.3 Å². The number of carbonyl (C=O) groups is 3. The van der Waals surface area contributed by atoms with Crippen molar-refractivity contribution in [3.05, 3.63) is 54.1 Å². The molecule has 37 heavy (non-hydrogen) atoms. The van der Waals surface area contributed by atoms with Gasteiger partial charge in [0.2, 0.25) is 11.8 Å². The molecule has 4 rings (SSSR count). The van der Waals surface area contributed by atoms with Crippen LogP contribution in [-0.4, -0.2) is 73.4 Å². The summed E-state index contributed by atoms with van der Waals surface area (Å²) in [5.41, 5.74) is 2.42. The first-order valence-corrected chi connectivity index (χ1v) is 13.2. The highest BCUT2D eigenvalue weighted by molar-refractivity contribution is 5.95. The third-order valence-electron chi connectivity index (χ3n) is 7.34. The zero-order chi connectivity index (χ0) is 26.4. The van der Waals surface area contributed by atoms with E-state index < -0.39 is 0 Å². The SMILES string of the molecule is COc1ccc(C(=O)N2CCN(c3ccc(NC(=O)CN(C(=O)C4CCCC4)C(C)C)cc3)CC2)cc1. The average molecular weight is 507 g/mol. The second-order valence-corrected chi connectivity index (χ2v) is 10.1. The molecule has 1 aliphatic carbocycles. The maximum atomic E-state index is 12.9. The molecule has 1 aliphatic heterocycles. The predicted molar refractivity (Wildman–Crippen MR) is 145 cm³/mol. The minimum atomic E-state index is -0.182. The number of anilines is 2. The molecule has 0 unspecified atom stereocenters. The number of amides is 3. The van der Waals surface area contributed by atoms with Crippen molar-refractivity contribution in [2.75, 3.05) is 50.1 Å². The number of nitrogens with one attached hydrogen (secondary N) is 1. The van der Waals surface area contributed by atoms with E-state index in [1.807, 2.05) is 43.0 Å². The second kappa shape index (κ2) is 12.1. The first-order valence-electron chi connectivity index (χ1n) is 13.2. The fraction of sp³-hybridized carbons (Fsp3) is 0.483. The molecule has 2 fully saturated rings. The first kappa shape index (κ1) is 26.5. The van der Waals surface area contributed by atoms with Gasteiger partial charge in [0.05, 0.1) is 7.11 Å². The summed E-state index contributed by atoms with van der Waals surface area (Å²) in [5.74, 6) is 0.737. The van der Waals surface area contributed by atoms with E-state index in [1.165, 1.54) is 0 Å². The van der Waals surface area contributed by atoms with Crippen LogP contribution >= 0.6 is 0 Å². The smallest absolute Gasteiger partial charge is 0.253 e. The Hall–Kier alpha value is -3.55. The van der Waals surface area contributed by atoms with Crippen molar-refractivity contribution < 1.29 is 19.1 Å². The topological polar surface area (TPSA) is 82.2 Å². The molecule has 0 bridgehead atoms. The van der Waals surface area contributed by atoms with Crippen LogP contribution in [0.2, 0.25) is 0 Å². The third-order valence-corrected chi connectivity index (χ3v) is 7.34. The molecule has 8 nitrogen and oxygen atoms in total. The van der Waals surface area contributed by atoms with Crippen LogP contribution in [0.15, 0.2) is 48.5 Å². The lowest BCUT2D eigenvalue weighted by Crippen LogP contribution is -2.48. The summed E-state index contributed by atoms with van der Waals surface area (Å²) < 4.78 is 5.17. The van der Waals surface area contributed by atoms with Gasteiger partial charge in [-0.05, 0) is 75.2 Å². The highest BCUT2D eigenvalue weighted by atomic mass is 16.5. The van der Waals surface area contributed by atoms with Crippen LogP contribution in [0, 0.1) is 5.92 Å². The Balaban J connectivity index is 1.27. The molecule has 3 amide bonds. The molecule has 1 saturated heterocycles. The Labute approximate surface area is 219 Å². The van der Waals surface area contributed by atoms with Crippen LogP contribution < -0.4 is 15.0 Å². The van der Waals surface area contributed by atoms with E-state index in [9.17, 15) is 14.4 Å². The normalized spacial score (nSPS) is 16.1. The first-order chi connectivity index (χ1) is 17.9. The molecular weight excluding hydrogens is 468 g/mol. The van der Waals surface area contributed by atoms with E-state index in [2.05, 4.69) is 10.2 Å². The number of ether oxygens (including phenoxy) is 1. The van der Waals surface area contributed by atoms with E-state index in [4.69, 9.17) is 4.74 Å². The summed E-state index contributed by atoms with van der Waals surface area (Å²) in [7, 11) is 1.61. The van der Waals surface area contributed by atoms with Gasteiger partial charge >= 0.3 is 0 Å². The predicted octanol–water partition coefficient (Wildman–Crippen LogP) is 4.02. The zero-order valence-electron chi connectivity index (χ0n) is 22.1. The molecule has 2 aromatic carbocycles. The molecule has 1 saturated carbocycles. The van der Waals surface area contributed by atoms with Gasteiger partial charge in [-0.25, -0.2) is 0 Å². The molecular formula is C29H38N4O4. The van der Waals surface area contributed by atoms with Gasteiger partial charge in [0.1, 0.15) is 12.3 Å². The fourth-order valence-corrected chi connectivity index (χ4v) is 5.12.